The highest BCUT2D eigenvalue weighted by molar-refractivity contribution is 5.88. The molecule has 3 rings (SSSR count). The molecule has 0 unspecified atom stereocenters. The smallest absolute Gasteiger partial charge is 0.335 e. The van der Waals surface area contributed by atoms with Gasteiger partial charge in [-0.1, -0.05) is 12.1 Å². The summed E-state index contributed by atoms with van der Waals surface area (Å²) in [5, 5.41) is 9.04. The van der Waals surface area contributed by atoms with E-state index in [0.717, 1.165) is 61.9 Å². The van der Waals surface area contributed by atoms with Crippen molar-refractivity contribution in [2.75, 3.05) is 33.4 Å². The largest absolute Gasteiger partial charge is 0.478 e. The van der Waals surface area contributed by atoms with Crippen molar-refractivity contribution in [1.29, 1.82) is 0 Å². The Morgan fingerprint density at radius 2 is 1.92 bits per heavy atom. The van der Waals surface area contributed by atoms with Crippen molar-refractivity contribution in [2.24, 2.45) is 0 Å². The first kappa shape index (κ1) is 18.5. The second-order valence-electron chi connectivity index (χ2n) is 6.72. The summed E-state index contributed by atoms with van der Waals surface area (Å²) in [5.74, 6) is 0.269. The summed E-state index contributed by atoms with van der Waals surface area (Å²) in [5.41, 5.74) is 3.13. The first-order valence-electron chi connectivity index (χ1n) is 8.97. The topological polar surface area (TPSA) is 75.5 Å². The van der Waals surface area contributed by atoms with E-state index in [-0.39, 0.29) is 5.56 Å². The lowest BCUT2D eigenvalue weighted by Gasteiger charge is -2.31. The summed E-state index contributed by atoms with van der Waals surface area (Å²) in [7, 11) is 1.74. The van der Waals surface area contributed by atoms with Crippen LogP contribution in [0.1, 0.15) is 40.6 Å². The zero-order valence-corrected chi connectivity index (χ0v) is 15.3. The van der Waals surface area contributed by atoms with Gasteiger partial charge in [-0.25, -0.2) is 14.8 Å². The van der Waals surface area contributed by atoms with Gasteiger partial charge in [0, 0.05) is 30.8 Å². The monoisotopic (exact) mass is 355 g/mol. The Morgan fingerprint density at radius 3 is 2.54 bits per heavy atom. The molecule has 1 N–H and O–H groups in total. The number of rotatable bonds is 6. The van der Waals surface area contributed by atoms with Crippen molar-refractivity contribution >= 4 is 5.97 Å². The molecule has 26 heavy (non-hydrogen) atoms. The molecule has 1 aromatic carbocycles. The molecular formula is C20H25N3O3. The van der Waals surface area contributed by atoms with Crippen LogP contribution in [-0.2, 0) is 4.74 Å². The fourth-order valence-electron chi connectivity index (χ4n) is 3.40. The molecule has 0 bridgehead atoms. The molecule has 1 saturated heterocycles. The van der Waals surface area contributed by atoms with Gasteiger partial charge in [0.15, 0.2) is 0 Å². The van der Waals surface area contributed by atoms with Gasteiger partial charge >= 0.3 is 5.97 Å². The molecule has 1 aliphatic rings. The van der Waals surface area contributed by atoms with Crippen LogP contribution in [0, 0.1) is 6.92 Å². The van der Waals surface area contributed by atoms with Gasteiger partial charge in [0.2, 0.25) is 0 Å². The summed E-state index contributed by atoms with van der Waals surface area (Å²) in [6.45, 7) is 5.77. The molecule has 0 aliphatic carbocycles. The van der Waals surface area contributed by atoms with E-state index in [1.54, 1.807) is 19.2 Å². The molecule has 2 aromatic rings. The van der Waals surface area contributed by atoms with Crippen molar-refractivity contribution in [3.63, 3.8) is 0 Å². The van der Waals surface area contributed by atoms with E-state index < -0.39 is 5.97 Å². The predicted octanol–water partition coefficient (Wildman–Crippen LogP) is 2.98. The van der Waals surface area contributed by atoms with Crippen LogP contribution in [0.2, 0.25) is 0 Å². The molecular weight excluding hydrogens is 330 g/mol. The molecule has 0 amide bonds. The van der Waals surface area contributed by atoms with Crippen molar-refractivity contribution in [2.45, 2.75) is 25.7 Å². The van der Waals surface area contributed by atoms with Crippen LogP contribution in [0.25, 0.3) is 11.3 Å². The Labute approximate surface area is 153 Å². The summed E-state index contributed by atoms with van der Waals surface area (Å²) >= 11 is 0. The fraction of sp³-hybridized carbons (Fsp3) is 0.450. The van der Waals surface area contributed by atoms with E-state index in [4.69, 9.17) is 9.84 Å². The number of carboxylic acid groups (broad SMARTS) is 1. The average Bonchev–Trinajstić information content (AvgIpc) is 2.66. The SMILES string of the molecule is COCCN1CCC(c2cc(-c3ccc(C(=O)O)cc3)nc(C)n2)CC1. The number of hydrogen-bond donors (Lipinski definition) is 1. The van der Waals surface area contributed by atoms with Crippen LogP contribution >= 0.6 is 0 Å². The average molecular weight is 355 g/mol. The molecule has 0 radical (unpaired) electrons. The molecule has 1 fully saturated rings. The lowest BCUT2D eigenvalue weighted by Crippen LogP contribution is -2.35. The van der Waals surface area contributed by atoms with Gasteiger partial charge in [0.25, 0.3) is 0 Å². The van der Waals surface area contributed by atoms with Crippen molar-refractivity contribution in [3.8, 4) is 11.3 Å². The molecule has 0 spiro atoms. The van der Waals surface area contributed by atoms with Crippen LogP contribution in [-0.4, -0.2) is 59.3 Å². The first-order chi connectivity index (χ1) is 12.6. The van der Waals surface area contributed by atoms with Gasteiger partial charge in [0.1, 0.15) is 5.82 Å². The van der Waals surface area contributed by atoms with Crippen LogP contribution < -0.4 is 0 Å². The quantitative estimate of drug-likeness (QED) is 0.858. The molecule has 1 aromatic heterocycles. The van der Waals surface area contributed by atoms with E-state index in [0.29, 0.717) is 5.92 Å². The van der Waals surface area contributed by atoms with E-state index in [9.17, 15) is 4.79 Å². The normalized spacial score (nSPS) is 15.9. The van der Waals surface area contributed by atoms with Crippen LogP contribution in [0.5, 0.6) is 0 Å². The zero-order chi connectivity index (χ0) is 18.5. The van der Waals surface area contributed by atoms with Gasteiger partial charge in [-0.3, -0.25) is 0 Å². The van der Waals surface area contributed by atoms with Gasteiger partial charge in [-0.15, -0.1) is 0 Å². The number of hydrogen-bond acceptors (Lipinski definition) is 5. The van der Waals surface area contributed by atoms with Crippen molar-refractivity contribution in [3.05, 3.63) is 47.4 Å². The molecule has 138 valence electrons. The summed E-state index contributed by atoms with van der Waals surface area (Å²) in [6.07, 6.45) is 2.16. The number of likely N-dealkylation sites (tertiary alicyclic amines) is 1. The first-order valence-corrected chi connectivity index (χ1v) is 8.97. The van der Waals surface area contributed by atoms with E-state index >= 15 is 0 Å². The third kappa shape index (κ3) is 4.45. The highest BCUT2D eigenvalue weighted by atomic mass is 16.5. The molecule has 1 aliphatic heterocycles. The van der Waals surface area contributed by atoms with Crippen molar-refractivity contribution < 1.29 is 14.6 Å². The number of piperidine rings is 1. The van der Waals surface area contributed by atoms with Gasteiger partial charge < -0.3 is 14.7 Å². The summed E-state index contributed by atoms with van der Waals surface area (Å²) < 4.78 is 5.16. The minimum atomic E-state index is -0.920. The maximum Gasteiger partial charge on any atom is 0.335 e. The van der Waals surface area contributed by atoms with Gasteiger partial charge in [-0.05, 0) is 51.1 Å². The lowest BCUT2D eigenvalue weighted by atomic mass is 9.92. The van der Waals surface area contributed by atoms with E-state index in [1.165, 1.54) is 0 Å². The Hall–Kier alpha value is -2.31. The number of benzene rings is 1. The number of aromatic carboxylic acids is 1. The Morgan fingerprint density at radius 1 is 1.23 bits per heavy atom. The highest BCUT2D eigenvalue weighted by Crippen LogP contribution is 2.29. The summed E-state index contributed by atoms with van der Waals surface area (Å²) in [6, 6.07) is 8.90. The Balaban J connectivity index is 1.75. The maximum absolute atomic E-state index is 11.0. The van der Waals surface area contributed by atoms with Crippen LogP contribution in [0.4, 0.5) is 0 Å². The number of carboxylic acids is 1. The minimum Gasteiger partial charge on any atom is -0.478 e. The van der Waals surface area contributed by atoms with Gasteiger partial charge in [-0.2, -0.15) is 0 Å². The van der Waals surface area contributed by atoms with Crippen LogP contribution in [0.15, 0.2) is 30.3 Å². The second-order valence-corrected chi connectivity index (χ2v) is 6.72. The lowest BCUT2D eigenvalue weighted by molar-refractivity contribution is 0.0697. The molecule has 2 heterocycles. The Bertz CT molecular complexity index is 753. The highest BCUT2D eigenvalue weighted by Gasteiger charge is 2.22. The number of aromatic nitrogens is 2. The number of methoxy groups -OCH3 is 1. The molecule has 6 heteroatoms. The predicted molar refractivity (Wildman–Crippen MR) is 99.5 cm³/mol. The standard InChI is InChI=1S/C20H25N3O3/c1-14-21-18(15-3-5-17(6-4-15)20(24)25)13-19(22-14)16-7-9-23(10-8-16)11-12-26-2/h3-6,13,16H,7-12H2,1-2H3,(H,24,25). The number of ether oxygens (including phenoxy) is 1. The van der Waals surface area contributed by atoms with Crippen LogP contribution in [0.3, 0.4) is 0 Å². The third-order valence-electron chi connectivity index (χ3n) is 4.90. The second kappa shape index (κ2) is 8.38. The van der Waals surface area contributed by atoms with E-state index in [2.05, 4.69) is 20.9 Å². The summed E-state index contributed by atoms with van der Waals surface area (Å²) in [4.78, 5) is 22.7. The molecule has 6 nitrogen and oxygen atoms in total. The van der Waals surface area contributed by atoms with E-state index in [1.807, 2.05) is 19.1 Å². The van der Waals surface area contributed by atoms with Crippen molar-refractivity contribution in [1.82, 2.24) is 14.9 Å². The number of nitrogens with zero attached hydrogens (tertiary/aromatic N) is 3. The zero-order valence-electron chi connectivity index (χ0n) is 15.3. The fourth-order valence-corrected chi connectivity index (χ4v) is 3.40. The molecule has 0 atom stereocenters. The number of carbonyl (C=O) groups is 1. The Kier molecular flexibility index (Phi) is 5.96. The maximum atomic E-state index is 11.0. The molecule has 0 saturated carbocycles. The third-order valence-corrected chi connectivity index (χ3v) is 4.90. The number of aryl methyl sites for hydroxylation is 1. The van der Waals surface area contributed by atoms with Gasteiger partial charge in [0.05, 0.1) is 17.9 Å². The minimum absolute atomic E-state index is 0.281.